The van der Waals surface area contributed by atoms with Gasteiger partial charge in [0.05, 0.1) is 12.1 Å². The quantitative estimate of drug-likeness (QED) is 0.866. The molecule has 1 aromatic heterocycles. The van der Waals surface area contributed by atoms with Crippen LogP contribution in [0, 0.1) is 20.8 Å². The monoisotopic (exact) mass is 285 g/mol. The van der Waals surface area contributed by atoms with E-state index in [2.05, 4.69) is 36.3 Å². The minimum Gasteiger partial charge on any atom is -0.341 e. The minimum absolute atomic E-state index is 0.120. The van der Waals surface area contributed by atoms with E-state index in [1.807, 2.05) is 32.6 Å². The Hall–Kier alpha value is -2.10. The Morgan fingerprint density at radius 1 is 1.19 bits per heavy atom. The molecular formula is C17H23N3O. The normalized spacial score (nSPS) is 10.7. The second kappa shape index (κ2) is 6.12. The maximum Gasteiger partial charge on any atom is 0.227 e. The Morgan fingerprint density at radius 3 is 2.33 bits per heavy atom. The van der Waals surface area contributed by atoms with Crippen LogP contribution < -0.4 is 0 Å². The smallest absolute Gasteiger partial charge is 0.227 e. The molecule has 0 unspecified atom stereocenters. The molecule has 0 saturated heterocycles. The molecule has 2 aromatic rings. The zero-order chi connectivity index (χ0) is 15.6. The molecule has 0 aliphatic carbocycles. The zero-order valence-corrected chi connectivity index (χ0v) is 13.5. The number of likely N-dealkylation sites (N-methyl/N-ethyl adjacent to an activating group) is 1. The van der Waals surface area contributed by atoms with Gasteiger partial charge < -0.3 is 4.90 Å². The van der Waals surface area contributed by atoms with E-state index in [9.17, 15) is 4.79 Å². The molecule has 1 heterocycles. The van der Waals surface area contributed by atoms with Crippen molar-refractivity contribution in [3.8, 4) is 0 Å². The van der Waals surface area contributed by atoms with Crippen molar-refractivity contribution in [3.63, 3.8) is 0 Å². The van der Waals surface area contributed by atoms with Crippen LogP contribution in [0.5, 0.6) is 0 Å². The SMILES string of the molecule is Cc1ccc(CN(C)C(=O)Cc2c(C)nn(C)c2C)cc1. The van der Waals surface area contributed by atoms with Crippen molar-refractivity contribution in [2.75, 3.05) is 7.05 Å². The van der Waals surface area contributed by atoms with Crippen LogP contribution >= 0.6 is 0 Å². The number of aromatic nitrogens is 2. The van der Waals surface area contributed by atoms with Crippen molar-refractivity contribution in [1.29, 1.82) is 0 Å². The van der Waals surface area contributed by atoms with Gasteiger partial charge in [-0.25, -0.2) is 0 Å². The summed E-state index contributed by atoms with van der Waals surface area (Å²) >= 11 is 0. The van der Waals surface area contributed by atoms with Gasteiger partial charge in [0.2, 0.25) is 5.91 Å². The van der Waals surface area contributed by atoms with Gasteiger partial charge in [0.25, 0.3) is 0 Å². The predicted molar refractivity (Wildman–Crippen MR) is 84.0 cm³/mol. The third kappa shape index (κ3) is 3.51. The van der Waals surface area contributed by atoms with Crippen molar-refractivity contribution >= 4 is 5.91 Å². The van der Waals surface area contributed by atoms with Gasteiger partial charge in [0.15, 0.2) is 0 Å². The van der Waals surface area contributed by atoms with Gasteiger partial charge in [0.1, 0.15) is 0 Å². The number of rotatable bonds is 4. The maximum atomic E-state index is 12.4. The van der Waals surface area contributed by atoms with Gasteiger partial charge in [-0.05, 0) is 26.3 Å². The standard InChI is InChI=1S/C17H23N3O/c1-12-6-8-15(9-7-12)11-19(4)17(21)10-16-13(2)18-20(5)14(16)3/h6-9H,10-11H2,1-5H3. The van der Waals surface area contributed by atoms with E-state index in [0.29, 0.717) is 13.0 Å². The van der Waals surface area contributed by atoms with Gasteiger partial charge in [-0.1, -0.05) is 29.8 Å². The van der Waals surface area contributed by atoms with E-state index in [1.165, 1.54) is 5.56 Å². The van der Waals surface area contributed by atoms with Crippen molar-refractivity contribution in [2.45, 2.75) is 33.7 Å². The number of benzene rings is 1. The first-order valence-corrected chi connectivity index (χ1v) is 7.17. The lowest BCUT2D eigenvalue weighted by Gasteiger charge is -2.17. The van der Waals surface area contributed by atoms with Crippen LogP contribution in [0.2, 0.25) is 0 Å². The van der Waals surface area contributed by atoms with Crippen LogP contribution in [-0.2, 0) is 24.8 Å². The fourth-order valence-corrected chi connectivity index (χ4v) is 2.42. The first-order chi connectivity index (χ1) is 9.88. The second-order valence-corrected chi connectivity index (χ2v) is 5.69. The van der Waals surface area contributed by atoms with Gasteiger partial charge in [0, 0.05) is 31.9 Å². The first kappa shape index (κ1) is 15.3. The molecule has 0 aliphatic rings. The largest absolute Gasteiger partial charge is 0.341 e. The molecule has 21 heavy (non-hydrogen) atoms. The van der Waals surface area contributed by atoms with Crippen LogP contribution in [0.4, 0.5) is 0 Å². The Balaban J connectivity index is 2.04. The average Bonchev–Trinajstić information content (AvgIpc) is 2.68. The molecule has 4 heteroatoms. The van der Waals surface area contributed by atoms with Crippen molar-refractivity contribution in [2.24, 2.45) is 7.05 Å². The lowest BCUT2D eigenvalue weighted by molar-refractivity contribution is -0.129. The third-order valence-corrected chi connectivity index (χ3v) is 3.95. The second-order valence-electron chi connectivity index (χ2n) is 5.69. The molecule has 0 radical (unpaired) electrons. The highest BCUT2D eigenvalue weighted by molar-refractivity contribution is 5.79. The minimum atomic E-state index is 0.120. The number of amides is 1. The zero-order valence-electron chi connectivity index (χ0n) is 13.5. The maximum absolute atomic E-state index is 12.4. The van der Waals surface area contributed by atoms with E-state index in [-0.39, 0.29) is 5.91 Å². The molecule has 0 atom stereocenters. The Bertz CT molecular complexity index is 641. The number of carbonyl (C=O) groups is 1. The van der Waals surface area contributed by atoms with Gasteiger partial charge in [-0.3, -0.25) is 9.48 Å². The molecule has 1 aromatic carbocycles. The average molecular weight is 285 g/mol. The number of nitrogens with zero attached hydrogens (tertiary/aromatic N) is 3. The highest BCUT2D eigenvalue weighted by Crippen LogP contribution is 2.14. The third-order valence-electron chi connectivity index (χ3n) is 3.95. The van der Waals surface area contributed by atoms with E-state index in [4.69, 9.17) is 0 Å². The van der Waals surface area contributed by atoms with Crippen LogP contribution in [0.25, 0.3) is 0 Å². The topological polar surface area (TPSA) is 38.1 Å². The lowest BCUT2D eigenvalue weighted by atomic mass is 10.1. The summed E-state index contributed by atoms with van der Waals surface area (Å²) in [5, 5.41) is 4.36. The Labute approximate surface area is 126 Å². The van der Waals surface area contributed by atoms with Gasteiger partial charge in [-0.2, -0.15) is 5.10 Å². The molecule has 0 aliphatic heterocycles. The van der Waals surface area contributed by atoms with Crippen LogP contribution in [0.15, 0.2) is 24.3 Å². The van der Waals surface area contributed by atoms with Crippen LogP contribution in [0.3, 0.4) is 0 Å². The molecule has 2 rings (SSSR count). The van der Waals surface area contributed by atoms with Crippen LogP contribution in [0.1, 0.15) is 28.1 Å². The summed E-state index contributed by atoms with van der Waals surface area (Å²) in [5.41, 5.74) is 5.42. The van der Waals surface area contributed by atoms with Crippen molar-refractivity contribution in [1.82, 2.24) is 14.7 Å². The molecule has 1 amide bonds. The molecule has 112 valence electrons. The van der Waals surface area contributed by atoms with E-state index in [0.717, 1.165) is 22.5 Å². The van der Waals surface area contributed by atoms with E-state index in [1.54, 1.807) is 4.90 Å². The Kier molecular flexibility index (Phi) is 4.46. The summed E-state index contributed by atoms with van der Waals surface area (Å²) in [6.45, 7) is 6.66. The van der Waals surface area contributed by atoms with Crippen molar-refractivity contribution in [3.05, 3.63) is 52.3 Å². The Morgan fingerprint density at radius 2 is 1.81 bits per heavy atom. The molecule has 4 nitrogen and oxygen atoms in total. The van der Waals surface area contributed by atoms with Gasteiger partial charge >= 0.3 is 0 Å². The van der Waals surface area contributed by atoms with Crippen molar-refractivity contribution < 1.29 is 4.79 Å². The summed E-state index contributed by atoms with van der Waals surface area (Å²) < 4.78 is 1.83. The number of hydrogen-bond acceptors (Lipinski definition) is 2. The fourth-order valence-electron chi connectivity index (χ4n) is 2.42. The van der Waals surface area contributed by atoms with Crippen LogP contribution in [-0.4, -0.2) is 27.6 Å². The summed E-state index contributed by atoms with van der Waals surface area (Å²) in [6, 6.07) is 8.28. The summed E-state index contributed by atoms with van der Waals surface area (Å²) in [7, 11) is 3.76. The van der Waals surface area contributed by atoms with E-state index < -0.39 is 0 Å². The first-order valence-electron chi connectivity index (χ1n) is 7.17. The number of hydrogen-bond donors (Lipinski definition) is 0. The molecule has 0 spiro atoms. The van der Waals surface area contributed by atoms with Gasteiger partial charge in [-0.15, -0.1) is 0 Å². The lowest BCUT2D eigenvalue weighted by Crippen LogP contribution is -2.28. The molecule has 0 saturated carbocycles. The number of carbonyl (C=O) groups excluding carboxylic acids is 1. The predicted octanol–water partition coefficient (Wildman–Crippen LogP) is 2.55. The fraction of sp³-hybridized carbons (Fsp3) is 0.412. The summed E-state index contributed by atoms with van der Waals surface area (Å²) in [5.74, 6) is 0.120. The molecule has 0 N–H and O–H groups in total. The molecular weight excluding hydrogens is 262 g/mol. The highest BCUT2D eigenvalue weighted by Gasteiger charge is 2.16. The molecule has 0 fully saturated rings. The number of aryl methyl sites for hydroxylation is 3. The highest BCUT2D eigenvalue weighted by atomic mass is 16.2. The molecule has 0 bridgehead atoms. The summed E-state index contributed by atoms with van der Waals surface area (Å²) in [4.78, 5) is 14.2. The van der Waals surface area contributed by atoms with E-state index >= 15 is 0 Å². The summed E-state index contributed by atoms with van der Waals surface area (Å²) in [6.07, 6.45) is 0.411.